The quantitative estimate of drug-likeness (QED) is 0.575. The number of aromatic nitrogens is 2. The highest BCUT2D eigenvalue weighted by molar-refractivity contribution is 6.33. The number of anilines is 2. The molecule has 1 aromatic heterocycles. The van der Waals surface area contributed by atoms with E-state index >= 15 is 0 Å². The molecule has 0 amide bonds. The third-order valence-electron chi connectivity index (χ3n) is 6.45. The van der Waals surface area contributed by atoms with E-state index in [9.17, 15) is 0 Å². The number of hydrogen-bond donors (Lipinski definition) is 1. The number of rotatable bonds is 4. The number of piperazine rings is 1. The summed E-state index contributed by atoms with van der Waals surface area (Å²) in [6.45, 7) is 8.60. The van der Waals surface area contributed by atoms with Gasteiger partial charge in [-0.2, -0.15) is 0 Å². The Bertz CT molecular complexity index is 1150. The van der Waals surface area contributed by atoms with Gasteiger partial charge in [-0.3, -0.25) is 4.90 Å². The lowest BCUT2D eigenvalue weighted by Crippen LogP contribution is -2.46. The summed E-state index contributed by atoms with van der Waals surface area (Å²) in [7, 11) is 0. The lowest BCUT2D eigenvalue weighted by atomic mass is 9.99. The molecule has 1 aliphatic carbocycles. The fourth-order valence-corrected chi connectivity index (χ4v) is 5.08. The molecule has 0 spiro atoms. The van der Waals surface area contributed by atoms with Gasteiger partial charge in [0.15, 0.2) is 11.6 Å². The topological polar surface area (TPSA) is 58.3 Å². The monoisotopic (exact) mass is 455 g/mol. The molecule has 0 unspecified atom stereocenters. The van der Waals surface area contributed by atoms with Crippen molar-refractivity contribution in [2.45, 2.75) is 39.2 Å². The summed E-state index contributed by atoms with van der Waals surface area (Å²) in [6.07, 6.45) is 2.48. The second-order valence-electron chi connectivity index (χ2n) is 8.83. The van der Waals surface area contributed by atoms with E-state index in [4.69, 9.17) is 38.9 Å². The molecular weight excluding hydrogens is 429 g/mol. The predicted octanol–water partition coefficient (Wildman–Crippen LogP) is 5.34. The van der Waals surface area contributed by atoms with Crippen LogP contribution in [0.1, 0.15) is 41.0 Å². The van der Waals surface area contributed by atoms with Crippen molar-refractivity contribution in [1.82, 2.24) is 14.9 Å². The average molecular weight is 456 g/mol. The number of nitrogens with two attached hydrogens (primary N) is 1. The molecule has 31 heavy (non-hydrogen) atoms. The van der Waals surface area contributed by atoms with Gasteiger partial charge in [0, 0.05) is 42.8 Å². The van der Waals surface area contributed by atoms with Crippen LogP contribution in [0, 0.1) is 13.8 Å². The van der Waals surface area contributed by atoms with Crippen molar-refractivity contribution in [1.29, 1.82) is 0 Å². The first kappa shape index (κ1) is 20.8. The maximum atomic E-state index is 6.40. The van der Waals surface area contributed by atoms with E-state index in [-0.39, 0.29) is 0 Å². The second-order valence-corrected chi connectivity index (χ2v) is 9.67. The highest BCUT2D eigenvalue weighted by Gasteiger charge is 2.30. The molecule has 7 heteroatoms. The van der Waals surface area contributed by atoms with E-state index in [0.29, 0.717) is 16.8 Å². The van der Waals surface area contributed by atoms with Gasteiger partial charge >= 0.3 is 0 Å². The Morgan fingerprint density at radius 1 is 0.968 bits per heavy atom. The number of fused-ring (bicyclic) bond motifs is 1. The van der Waals surface area contributed by atoms with E-state index in [2.05, 4.69) is 29.7 Å². The molecule has 1 aliphatic heterocycles. The summed E-state index contributed by atoms with van der Waals surface area (Å²) in [5.41, 5.74) is 13.3. The summed E-state index contributed by atoms with van der Waals surface area (Å²) in [4.78, 5) is 14.6. The minimum Gasteiger partial charge on any atom is -0.381 e. The summed E-state index contributed by atoms with van der Waals surface area (Å²) in [5, 5.41) is 1.48. The molecule has 0 bridgehead atoms. The maximum absolute atomic E-state index is 6.40. The van der Waals surface area contributed by atoms with Gasteiger partial charge in [-0.1, -0.05) is 29.3 Å². The average Bonchev–Trinajstić information content (AvgIpc) is 3.57. The number of hydrogen-bond acceptors (Lipinski definition) is 5. The molecule has 0 radical (unpaired) electrons. The molecule has 5 rings (SSSR count). The normalized spacial score (nSPS) is 17.5. The van der Waals surface area contributed by atoms with Crippen LogP contribution in [-0.4, -0.2) is 41.0 Å². The SMILES string of the molecule is Cc1cc(C)c2nc(N)c(N3CCN(Cc4cc(Cl)ccc4Cl)CC3)nc2c1C1CC1. The Balaban J connectivity index is 1.39. The molecule has 1 saturated heterocycles. The number of nitrogens with zero attached hydrogens (tertiary/aromatic N) is 4. The van der Waals surface area contributed by atoms with Gasteiger partial charge in [0.25, 0.3) is 0 Å². The number of halogens is 2. The smallest absolute Gasteiger partial charge is 0.172 e. The summed E-state index contributed by atoms with van der Waals surface area (Å²) in [6, 6.07) is 7.87. The Kier molecular flexibility index (Phi) is 5.45. The molecular formula is C24H27Cl2N5. The van der Waals surface area contributed by atoms with Gasteiger partial charge in [0.2, 0.25) is 0 Å². The Morgan fingerprint density at radius 2 is 1.71 bits per heavy atom. The van der Waals surface area contributed by atoms with Crippen LogP contribution in [-0.2, 0) is 6.54 Å². The van der Waals surface area contributed by atoms with Crippen LogP contribution in [0.5, 0.6) is 0 Å². The van der Waals surface area contributed by atoms with Gasteiger partial charge in [0.1, 0.15) is 0 Å². The van der Waals surface area contributed by atoms with Crippen LogP contribution in [0.4, 0.5) is 11.6 Å². The van der Waals surface area contributed by atoms with Crippen LogP contribution in [0.3, 0.4) is 0 Å². The van der Waals surface area contributed by atoms with E-state index in [1.54, 1.807) is 0 Å². The van der Waals surface area contributed by atoms with Crippen LogP contribution >= 0.6 is 23.2 Å². The largest absolute Gasteiger partial charge is 0.381 e. The van der Waals surface area contributed by atoms with Crippen molar-refractivity contribution in [2.75, 3.05) is 36.8 Å². The molecule has 0 atom stereocenters. The molecule has 2 heterocycles. The second kappa shape index (κ2) is 8.12. The summed E-state index contributed by atoms with van der Waals surface area (Å²) in [5.74, 6) is 1.96. The van der Waals surface area contributed by atoms with Gasteiger partial charge < -0.3 is 10.6 Å². The van der Waals surface area contributed by atoms with Crippen LogP contribution < -0.4 is 10.6 Å². The van der Waals surface area contributed by atoms with Gasteiger partial charge in [-0.15, -0.1) is 0 Å². The third kappa shape index (κ3) is 4.07. The maximum Gasteiger partial charge on any atom is 0.172 e. The zero-order chi connectivity index (χ0) is 21.7. The van der Waals surface area contributed by atoms with Gasteiger partial charge in [0.05, 0.1) is 11.0 Å². The zero-order valence-corrected chi connectivity index (χ0v) is 19.5. The molecule has 1 saturated carbocycles. The fourth-order valence-electron chi connectivity index (χ4n) is 4.70. The molecule has 2 aromatic carbocycles. The molecule has 2 N–H and O–H groups in total. The number of benzene rings is 2. The summed E-state index contributed by atoms with van der Waals surface area (Å²) >= 11 is 12.5. The van der Waals surface area contributed by atoms with Crippen LogP contribution in [0.25, 0.3) is 11.0 Å². The number of aryl methyl sites for hydroxylation is 2. The molecule has 2 fully saturated rings. The van der Waals surface area contributed by atoms with Crippen molar-refractivity contribution in [3.63, 3.8) is 0 Å². The van der Waals surface area contributed by atoms with Gasteiger partial charge in [-0.25, -0.2) is 9.97 Å². The first-order valence-corrected chi connectivity index (χ1v) is 11.6. The van der Waals surface area contributed by atoms with Crippen molar-refractivity contribution in [3.05, 3.63) is 56.6 Å². The highest BCUT2D eigenvalue weighted by Crippen LogP contribution is 2.45. The minimum atomic E-state index is 0.521. The first-order valence-electron chi connectivity index (χ1n) is 10.9. The van der Waals surface area contributed by atoms with Crippen molar-refractivity contribution >= 4 is 45.9 Å². The minimum absolute atomic E-state index is 0.521. The van der Waals surface area contributed by atoms with Crippen LogP contribution in [0.2, 0.25) is 10.0 Å². The third-order valence-corrected chi connectivity index (χ3v) is 7.05. The van der Waals surface area contributed by atoms with Gasteiger partial charge in [-0.05, 0) is 73.1 Å². The standard InChI is InChI=1S/C24H27Cl2N5/c1-14-11-15(2)21-22(20(14)16-3-4-16)29-24(23(27)28-21)31-9-7-30(8-10-31)13-17-12-18(25)5-6-19(17)26/h5-6,11-12,16H,3-4,7-10,13H2,1-2H3,(H2,27,28). The van der Waals surface area contributed by atoms with E-state index in [0.717, 1.165) is 65.7 Å². The van der Waals surface area contributed by atoms with E-state index in [1.165, 1.54) is 24.0 Å². The van der Waals surface area contributed by atoms with Crippen molar-refractivity contribution in [3.8, 4) is 0 Å². The lowest BCUT2D eigenvalue weighted by Gasteiger charge is -2.36. The molecule has 162 valence electrons. The summed E-state index contributed by atoms with van der Waals surface area (Å²) < 4.78 is 0. The molecule has 2 aliphatic rings. The number of nitrogen functional groups attached to an aromatic ring is 1. The first-order chi connectivity index (χ1) is 14.9. The Hall–Kier alpha value is -2.08. The van der Waals surface area contributed by atoms with Crippen molar-refractivity contribution in [2.24, 2.45) is 0 Å². The Labute approximate surface area is 193 Å². The van der Waals surface area contributed by atoms with Crippen molar-refractivity contribution < 1.29 is 0 Å². The molecule has 3 aromatic rings. The predicted molar refractivity (Wildman–Crippen MR) is 129 cm³/mol. The van der Waals surface area contributed by atoms with Crippen LogP contribution in [0.15, 0.2) is 24.3 Å². The highest BCUT2D eigenvalue weighted by atomic mass is 35.5. The Morgan fingerprint density at radius 3 is 2.42 bits per heavy atom. The lowest BCUT2D eigenvalue weighted by molar-refractivity contribution is 0.249. The zero-order valence-electron chi connectivity index (χ0n) is 18.0. The van der Waals surface area contributed by atoms with E-state index < -0.39 is 0 Å². The van der Waals surface area contributed by atoms with E-state index in [1.807, 2.05) is 18.2 Å². The molecule has 5 nitrogen and oxygen atoms in total. The fraction of sp³-hybridized carbons (Fsp3) is 0.417.